The molecule has 3 aromatic heterocycles. The molecule has 6 nitrogen and oxygen atoms in total. The first kappa shape index (κ1) is 32.6. The highest BCUT2D eigenvalue weighted by molar-refractivity contribution is 6.15. The molecule has 57 heavy (non-hydrogen) atoms. The molecule has 8 aromatic carbocycles. The van der Waals surface area contributed by atoms with E-state index < -0.39 is 0 Å². The lowest BCUT2D eigenvalue weighted by Crippen LogP contribution is -2.10. The fraction of sp³-hybridized carbons (Fsp3) is 0. The van der Waals surface area contributed by atoms with Crippen LogP contribution in [0.15, 0.2) is 203 Å². The van der Waals surface area contributed by atoms with Crippen molar-refractivity contribution in [3.05, 3.63) is 194 Å². The van der Waals surface area contributed by atoms with Gasteiger partial charge in [-0.25, -0.2) is 15.0 Å². The molecule has 0 atom stereocenters. The van der Waals surface area contributed by atoms with Gasteiger partial charge in [0.1, 0.15) is 22.3 Å². The first-order valence-corrected chi connectivity index (χ1v) is 18.9. The molecule has 0 aliphatic carbocycles. The van der Waals surface area contributed by atoms with E-state index in [1.165, 1.54) is 0 Å². The normalized spacial score (nSPS) is 11.5. The summed E-state index contributed by atoms with van der Waals surface area (Å²) >= 11 is 0. The van der Waals surface area contributed by atoms with Crippen molar-refractivity contribution in [2.24, 2.45) is 0 Å². The molecular formula is C51H32N4O2. The lowest BCUT2D eigenvalue weighted by atomic mass is 10.0. The monoisotopic (exact) mass is 732 g/mol. The second-order valence-corrected chi connectivity index (χ2v) is 14.0. The van der Waals surface area contributed by atoms with Gasteiger partial charge in [-0.3, -0.25) is 0 Å². The van der Waals surface area contributed by atoms with Crippen LogP contribution in [0.2, 0.25) is 0 Å². The lowest BCUT2D eigenvalue weighted by molar-refractivity contribution is 0.669. The fourth-order valence-electron chi connectivity index (χ4n) is 7.89. The van der Waals surface area contributed by atoms with Crippen molar-refractivity contribution >= 4 is 60.9 Å². The Labute approximate surface area is 328 Å². The van der Waals surface area contributed by atoms with Crippen LogP contribution in [-0.2, 0) is 0 Å². The van der Waals surface area contributed by atoms with Crippen LogP contribution >= 0.6 is 0 Å². The second kappa shape index (κ2) is 13.5. The smallest absolute Gasteiger partial charge is 0.164 e. The van der Waals surface area contributed by atoms with E-state index in [0.717, 1.165) is 88.8 Å². The molecule has 0 spiro atoms. The Kier molecular flexibility index (Phi) is 7.71. The molecule has 0 bridgehead atoms. The highest BCUT2D eigenvalue weighted by Gasteiger charge is 2.23. The van der Waals surface area contributed by atoms with Crippen LogP contribution in [0.5, 0.6) is 0 Å². The number of furan rings is 2. The highest BCUT2D eigenvalue weighted by atomic mass is 16.3. The number of rotatable bonds is 7. The molecule has 0 aliphatic rings. The minimum absolute atomic E-state index is 0.581. The summed E-state index contributed by atoms with van der Waals surface area (Å²) in [7, 11) is 0. The average Bonchev–Trinajstić information content (AvgIpc) is 3.86. The quantitative estimate of drug-likeness (QED) is 0.162. The van der Waals surface area contributed by atoms with E-state index in [2.05, 4.69) is 102 Å². The summed E-state index contributed by atoms with van der Waals surface area (Å²) in [6, 6.07) is 66.2. The largest absolute Gasteiger partial charge is 0.456 e. The van der Waals surface area contributed by atoms with E-state index in [9.17, 15) is 0 Å². The first-order valence-electron chi connectivity index (χ1n) is 18.9. The summed E-state index contributed by atoms with van der Waals surface area (Å²) < 4.78 is 13.1. The number of nitrogens with zero attached hydrogens (tertiary/aromatic N) is 4. The molecule has 6 heteroatoms. The van der Waals surface area contributed by atoms with E-state index in [-0.39, 0.29) is 0 Å². The van der Waals surface area contributed by atoms with Crippen molar-refractivity contribution in [1.29, 1.82) is 0 Å². The Morgan fingerprint density at radius 2 is 0.860 bits per heavy atom. The van der Waals surface area contributed by atoms with Gasteiger partial charge in [0.15, 0.2) is 17.5 Å². The summed E-state index contributed by atoms with van der Waals surface area (Å²) in [6.45, 7) is 0. The Morgan fingerprint density at radius 3 is 1.60 bits per heavy atom. The number of hydrogen-bond donors (Lipinski definition) is 0. The van der Waals surface area contributed by atoms with Gasteiger partial charge in [0.25, 0.3) is 0 Å². The lowest BCUT2D eigenvalue weighted by Gasteiger charge is -2.26. The topological polar surface area (TPSA) is 68.2 Å². The summed E-state index contributed by atoms with van der Waals surface area (Å²) in [6.07, 6.45) is 0. The van der Waals surface area contributed by atoms with Gasteiger partial charge >= 0.3 is 0 Å². The molecule has 0 saturated carbocycles. The molecule has 0 amide bonds. The maximum absolute atomic E-state index is 6.73. The number of anilines is 3. The van der Waals surface area contributed by atoms with Crippen LogP contribution < -0.4 is 4.90 Å². The van der Waals surface area contributed by atoms with Crippen molar-refractivity contribution < 1.29 is 8.83 Å². The van der Waals surface area contributed by atoms with Crippen LogP contribution in [0, 0.1) is 0 Å². The number of benzene rings is 8. The van der Waals surface area contributed by atoms with Crippen molar-refractivity contribution in [3.63, 3.8) is 0 Å². The van der Waals surface area contributed by atoms with E-state index in [0.29, 0.717) is 17.5 Å². The predicted octanol–water partition coefficient (Wildman–Crippen LogP) is 13.8. The summed E-state index contributed by atoms with van der Waals surface area (Å²) in [5, 5.41) is 4.02. The molecule has 0 fully saturated rings. The first-order chi connectivity index (χ1) is 28.2. The Morgan fingerprint density at radius 1 is 0.333 bits per heavy atom. The maximum atomic E-state index is 6.73. The van der Waals surface area contributed by atoms with Crippen molar-refractivity contribution in [2.45, 2.75) is 0 Å². The summed E-state index contributed by atoms with van der Waals surface area (Å²) in [5.41, 5.74) is 11.1. The second-order valence-electron chi connectivity index (χ2n) is 14.0. The van der Waals surface area contributed by atoms with E-state index in [1.807, 2.05) is 97.1 Å². The zero-order valence-electron chi connectivity index (χ0n) is 30.6. The third-order valence-corrected chi connectivity index (χ3v) is 10.5. The van der Waals surface area contributed by atoms with Gasteiger partial charge in [-0.15, -0.1) is 0 Å². The van der Waals surface area contributed by atoms with Crippen molar-refractivity contribution in [3.8, 4) is 45.3 Å². The Bertz CT molecular complexity index is 3190. The molecule has 0 aliphatic heterocycles. The van der Waals surface area contributed by atoms with E-state index >= 15 is 0 Å². The van der Waals surface area contributed by atoms with Crippen LogP contribution in [0.4, 0.5) is 17.1 Å². The van der Waals surface area contributed by atoms with E-state index in [1.54, 1.807) is 0 Å². The zero-order chi connectivity index (χ0) is 37.7. The molecule has 268 valence electrons. The van der Waals surface area contributed by atoms with Gasteiger partial charge in [0.05, 0.1) is 11.1 Å². The minimum atomic E-state index is 0.581. The number of aromatic nitrogens is 3. The summed E-state index contributed by atoms with van der Waals surface area (Å²) in [5.74, 6) is 1.81. The highest BCUT2D eigenvalue weighted by Crippen LogP contribution is 2.45. The Hall–Kier alpha value is -7.83. The molecule has 11 rings (SSSR count). The van der Waals surface area contributed by atoms with Crippen LogP contribution in [0.3, 0.4) is 0 Å². The number of fused-ring (bicyclic) bond motifs is 6. The Balaban J connectivity index is 1.11. The van der Waals surface area contributed by atoms with E-state index in [4.69, 9.17) is 23.8 Å². The third-order valence-electron chi connectivity index (χ3n) is 10.5. The molecule has 0 saturated heterocycles. The maximum Gasteiger partial charge on any atom is 0.164 e. The fourth-order valence-corrected chi connectivity index (χ4v) is 7.89. The average molecular weight is 733 g/mol. The molecular weight excluding hydrogens is 701 g/mol. The van der Waals surface area contributed by atoms with Gasteiger partial charge < -0.3 is 13.7 Å². The van der Waals surface area contributed by atoms with Gasteiger partial charge in [-0.2, -0.15) is 0 Å². The minimum Gasteiger partial charge on any atom is -0.456 e. The molecule has 0 radical (unpaired) electrons. The van der Waals surface area contributed by atoms with Crippen LogP contribution in [-0.4, -0.2) is 15.0 Å². The van der Waals surface area contributed by atoms with Gasteiger partial charge in [0, 0.05) is 50.3 Å². The van der Waals surface area contributed by atoms with Gasteiger partial charge in [-0.05, 0) is 59.7 Å². The molecule has 11 aromatic rings. The number of hydrogen-bond acceptors (Lipinski definition) is 6. The summed E-state index contributed by atoms with van der Waals surface area (Å²) in [4.78, 5) is 17.3. The standard InChI is InChI=1S/C51H32N4O2/c1-4-15-33(16-5-1)36-21-12-22-37(31-36)55(42-25-14-28-45-48(42)39-23-10-11-26-43(39)56-45)38-29-30-40-46(32-38)57-44-27-13-24-41(47(40)44)51-53-49(34-17-6-2-7-18-34)52-50(54-51)35-19-8-3-9-20-35/h1-32H. The number of para-hydroxylation sites is 1. The van der Waals surface area contributed by atoms with Gasteiger partial charge in [0.2, 0.25) is 0 Å². The molecule has 3 heterocycles. The predicted molar refractivity (Wildman–Crippen MR) is 231 cm³/mol. The van der Waals surface area contributed by atoms with Crippen LogP contribution in [0.25, 0.3) is 89.2 Å². The van der Waals surface area contributed by atoms with Crippen molar-refractivity contribution in [2.75, 3.05) is 4.90 Å². The zero-order valence-corrected chi connectivity index (χ0v) is 30.6. The van der Waals surface area contributed by atoms with Crippen molar-refractivity contribution in [1.82, 2.24) is 15.0 Å². The van der Waals surface area contributed by atoms with Crippen LogP contribution in [0.1, 0.15) is 0 Å². The molecule has 0 N–H and O–H groups in total. The third kappa shape index (κ3) is 5.70. The van der Waals surface area contributed by atoms with Gasteiger partial charge in [-0.1, -0.05) is 140 Å². The SMILES string of the molecule is c1ccc(-c2cccc(N(c3ccc4c(c3)oc3cccc(-c5nc(-c6ccccc6)nc(-c6ccccc6)n5)c34)c3cccc4oc5ccccc5c34)c2)cc1. The molecule has 0 unspecified atom stereocenters.